The van der Waals surface area contributed by atoms with Crippen LogP contribution in [0, 0.1) is 6.92 Å². The van der Waals surface area contributed by atoms with E-state index in [1.807, 2.05) is 33.8 Å². The molecule has 0 saturated carbocycles. The molecule has 2 amide bonds. The Balaban J connectivity index is 1.37. The monoisotopic (exact) mass is 617 g/mol. The van der Waals surface area contributed by atoms with Crippen molar-refractivity contribution >= 4 is 38.4 Å². The molecule has 0 fully saturated rings. The average Bonchev–Trinajstić information content (AvgIpc) is 3.32. The molecule has 44 heavy (non-hydrogen) atoms. The normalized spacial score (nSPS) is 12.7. The predicted molar refractivity (Wildman–Crippen MR) is 168 cm³/mol. The van der Waals surface area contributed by atoms with E-state index in [9.17, 15) is 18.0 Å². The topological polar surface area (TPSA) is 124 Å². The summed E-state index contributed by atoms with van der Waals surface area (Å²) in [4.78, 5) is 32.7. The lowest BCUT2D eigenvalue weighted by Gasteiger charge is -2.19. The molecule has 11 heteroatoms. The second-order valence-electron chi connectivity index (χ2n) is 10.3. The maximum absolute atomic E-state index is 13.9. The molecular formula is C33H35N3O7S. The van der Waals surface area contributed by atoms with Crippen LogP contribution in [0.1, 0.15) is 53.4 Å². The molecule has 3 aromatic carbocycles. The third-order valence-corrected chi connectivity index (χ3v) is 8.48. The van der Waals surface area contributed by atoms with E-state index in [2.05, 4.69) is 9.71 Å². The molecule has 5 rings (SSSR count). The van der Waals surface area contributed by atoms with Gasteiger partial charge in [0.1, 0.15) is 17.0 Å². The van der Waals surface area contributed by atoms with Crippen molar-refractivity contribution in [3.05, 3.63) is 88.6 Å². The number of fused-ring (bicyclic) bond motifs is 2. The van der Waals surface area contributed by atoms with Gasteiger partial charge in [-0.15, -0.1) is 0 Å². The number of hydrogen-bond donors (Lipinski definition) is 1. The van der Waals surface area contributed by atoms with Crippen LogP contribution in [0.4, 0.5) is 5.69 Å². The minimum Gasteiger partial charge on any atom is -0.494 e. The number of nitrogens with zero attached hydrogens (tertiary/aromatic N) is 2. The summed E-state index contributed by atoms with van der Waals surface area (Å²) in [6.45, 7) is 8.84. The second kappa shape index (κ2) is 12.9. The number of para-hydroxylation sites is 1. The Morgan fingerprint density at radius 3 is 2.41 bits per heavy atom. The Hall–Kier alpha value is -4.64. The molecule has 4 aromatic rings. The lowest BCUT2D eigenvalue weighted by atomic mass is 10.0. The minimum atomic E-state index is -3.99. The molecule has 0 spiro atoms. The number of rotatable bonds is 12. The van der Waals surface area contributed by atoms with Gasteiger partial charge in [0.05, 0.1) is 44.1 Å². The molecule has 0 aliphatic carbocycles. The van der Waals surface area contributed by atoms with Gasteiger partial charge < -0.3 is 19.1 Å². The second-order valence-corrected chi connectivity index (χ2v) is 12.0. The van der Waals surface area contributed by atoms with Crippen molar-refractivity contribution in [1.82, 2.24) is 9.71 Å². The summed E-state index contributed by atoms with van der Waals surface area (Å²) in [5.74, 6) is 0.278. The van der Waals surface area contributed by atoms with Crippen LogP contribution in [0.15, 0.2) is 60.8 Å². The first-order valence-corrected chi connectivity index (χ1v) is 16.2. The average molecular weight is 618 g/mol. The lowest BCUT2D eigenvalue weighted by Crippen LogP contribution is -2.33. The first-order valence-electron chi connectivity index (χ1n) is 14.5. The van der Waals surface area contributed by atoms with Crippen molar-refractivity contribution in [2.45, 2.75) is 46.4 Å². The molecule has 1 N–H and O–H groups in total. The van der Waals surface area contributed by atoms with Gasteiger partial charge in [0.25, 0.3) is 5.91 Å². The van der Waals surface area contributed by atoms with E-state index in [0.29, 0.717) is 81.5 Å². The third-order valence-electron chi connectivity index (χ3n) is 7.22. The predicted octanol–water partition coefficient (Wildman–Crippen LogP) is 5.09. The van der Waals surface area contributed by atoms with Crippen LogP contribution < -0.4 is 23.8 Å². The SMILES string of the molecule is CCOc1ccccc1CC(=O)NS(=O)(=O)Cc1ccc(N2Cc3c(c(OCC)c4cccnc4c3OCC)C2=O)c(C)c1. The summed E-state index contributed by atoms with van der Waals surface area (Å²) in [5, 5.41) is 0.701. The van der Waals surface area contributed by atoms with Crippen molar-refractivity contribution in [3.8, 4) is 17.2 Å². The highest BCUT2D eigenvalue weighted by Gasteiger charge is 2.37. The fourth-order valence-electron chi connectivity index (χ4n) is 5.52. The van der Waals surface area contributed by atoms with Gasteiger partial charge in [-0.3, -0.25) is 19.3 Å². The number of ether oxygens (including phenoxy) is 3. The molecule has 230 valence electrons. The van der Waals surface area contributed by atoms with Crippen molar-refractivity contribution in [2.24, 2.45) is 0 Å². The zero-order valence-corrected chi connectivity index (χ0v) is 26.0. The van der Waals surface area contributed by atoms with Crippen LogP contribution >= 0.6 is 0 Å². The number of benzene rings is 3. The largest absolute Gasteiger partial charge is 0.494 e. The van der Waals surface area contributed by atoms with E-state index in [1.165, 1.54) is 0 Å². The summed E-state index contributed by atoms with van der Waals surface area (Å²) < 4.78 is 45.5. The molecule has 0 unspecified atom stereocenters. The number of aryl methyl sites for hydroxylation is 1. The Morgan fingerprint density at radius 1 is 0.955 bits per heavy atom. The highest BCUT2D eigenvalue weighted by atomic mass is 32.2. The smallest absolute Gasteiger partial charge is 0.262 e. The minimum absolute atomic E-state index is 0.136. The number of aromatic nitrogens is 1. The van der Waals surface area contributed by atoms with Gasteiger partial charge in [0, 0.05) is 28.4 Å². The van der Waals surface area contributed by atoms with Gasteiger partial charge >= 0.3 is 0 Å². The first kappa shape index (κ1) is 30.8. The lowest BCUT2D eigenvalue weighted by molar-refractivity contribution is -0.118. The summed E-state index contributed by atoms with van der Waals surface area (Å²) in [5.41, 5.74) is 4.18. The summed E-state index contributed by atoms with van der Waals surface area (Å²) in [6, 6.07) is 15.8. The van der Waals surface area contributed by atoms with E-state index in [1.54, 1.807) is 59.6 Å². The quantitative estimate of drug-likeness (QED) is 0.233. The van der Waals surface area contributed by atoms with Crippen molar-refractivity contribution in [3.63, 3.8) is 0 Å². The van der Waals surface area contributed by atoms with E-state index >= 15 is 0 Å². The summed E-state index contributed by atoms with van der Waals surface area (Å²) in [7, 11) is -3.99. The molecule has 0 bridgehead atoms. The zero-order chi connectivity index (χ0) is 31.4. The highest BCUT2D eigenvalue weighted by molar-refractivity contribution is 7.89. The van der Waals surface area contributed by atoms with Crippen LogP contribution in [-0.2, 0) is 33.5 Å². The number of amides is 2. The van der Waals surface area contributed by atoms with Crippen LogP contribution in [-0.4, -0.2) is 45.0 Å². The summed E-state index contributed by atoms with van der Waals surface area (Å²) >= 11 is 0. The Kier molecular flexibility index (Phi) is 9.05. The fraction of sp³-hybridized carbons (Fsp3) is 0.303. The molecule has 1 aromatic heterocycles. The molecule has 1 aliphatic heterocycles. The first-order chi connectivity index (χ1) is 21.2. The van der Waals surface area contributed by atoms with E-state index in [-0.39, 0.29) is 18.9 Å². The van der Waals surface area contributed by atoms with Crippen molar-refractivity contribution in [1.29, 1.82) is 0 Å². The number of hydrogen-bond acceptors (Lipinski definition) is 8. The fourth-order valence-corrected chi connectivity index (χ4v) is 6.63. The number of pyridine rings is 1. The molecule has 0 atom stereocenters. The van der Waals surface area contributed by atoms with Crippen molar-refractivity contribution < 1.29 is 32.2 Å². The number of nitrogens with one attached hydrogen (secondary N) is 1. The van der Waals surface area contributed by atoms with Crippen molar-refractivity contribution in [2.75, 3.05) is 24.7 Å². The molecule has 2 heterocycles. The van der Waals surface area contributed by atoms with Crippen LogP contribution in [0.5, 0.6) is 17.2 Å². The van der Waals surface area contributed by atoms with Crippen LogP contribution in [0.3, 0.4) is 0 Å². The zero-order valence-electron chi connectivity index (χ0n) is 25.2. The van der Waals surface area contributed by atoms with Gasteiger partial charge in [-0.2, -0.15) is 0 Å². The van der Waals surface area contributed by atoms with Gasteiger partial charge in [-0.1, -0.05) is 30.3 Å². The molecule has 1 aliphatic rings. The highest BCUT2D eigenvalue weighted by Crippen LogP contribution is 2.45. The number of carbonyl (C=O) groups excluding carboxylic acids is 2. The summed E-state index contributed by atoms with van der Waals surface area (Å²) in [6.07, 6.45) is 1.55. The Bertz CT molecular complexity index is 1840. The molecule has 10 nitrogen and oxygen atoms in total. The number of anilines is 1. The molecule has 0 radical (unpaired) electrons. The Labute approximate surface area is 257 Å². The maximum Gasteiger partial charge on any atom is 0.262 e. The Morgan fingerprint density at radius 2 is 1.68 bits per heavy atom. The standard InChI is InChI=1S/C33H35N3O7S/c1-5-41-27-13-9-8-11-23(27)18-28(37)35-44(39,40)20-22-14-15-26(21(4)17-22)36-19-25-29(33(36)38)31(42-6-2)24-12-10-16-34-30(24)32(25)43-7-3/h8-17H,5-7,18-20H2,1-4H3,(H,35,37). The van der Waals surface area contributed by atoms with Crippen LogP contribution in [0.25, 0.3) is 10.9 Å². The van der Waals surface area contributed by atoms with Gasteiger partial charge in [-0.05, 0) is 63.1 Å². The molecule has 0 saturated heterocycles. The maximum atomic E-state index is 13.9. The van der Waals surface area contributed by atoms with Gasteiger partial charge in [0.15, 0.2) is 5.75 Å². The van der Waals surface area contributed by atoms with Gasteiger partial charge in [0.2, 0.25) is 15.9 Å². The molecular weight excluding hydrogens is 582 g/mol. The third kappa shape index (κ3) is 6.19. The van der Waals surface area contributed by atoms with E-state index in [0.717, 1.165) is 0 Å². The number of sulfonamides is 1. The van der Waals surface area contributed by atoms with Crippen LogP contribution in [0.2, 0.25) is 0 Å². The van der Waals surface area contributed by atoms with E-state index in [4.69, 9.17) is 14.2 Å². The number of carbonyl (C=O) groups is 2. The van der Waals surface area contributed by atoms with E-state index < -0.39 is 21.7 Å². The van der Waals surface area contributed by atoms with Gasteiger partial charge in [-0.25, -0.2) is 8.42 Å².